The highest BCUT2D eigenvalue weighted by molar-refractivity contribution is 7.98. The lowest BCUT2D eigenvalue weighted by atomic mass is 10.1. The predicted octanol–water partition coefficient (Wildman–Crippen LogP) is 3.01. The molecular weight excluding hydrogens is 338 g/mol. The number of benzene rings is 1. The van der Waals surface area contributed by atoms with Gasteiger partial charge in [-0.2, -0.15) is 26.7 Å². The molecule has 1 saturated heterocycles. The second kappa shape index (κ2) is 8.87. The molecule has 0 unspecified atom stereocenters. The third-order valence-electron chi connectivity index (χ3n) is 3.86. The highest BCUT2D eigenvalue weighted by Gasteiger charge is 2.14. The van der Waals surface area contributed by atoms with Crippen LogP contribution in [0.4, 0.5) is 17.6 Å². The lowest BCUT2D eigenvalue weighted by Crippen LogP contribution is -2.21. The van der Waals surface area contributed by atoms with Crippen LogP contribution in [0.5, 0.6) is 5.75 Å². The summed E-state index contributed by atoms with van der Waals surface area (Å²) in [6, 6.07) is 7.58. The number of rotatable bonds is 7. The van der Waals surface area contributed by atoms with Crippen LogP contribution in [0.3, 0.4) is 0 Å². The van der Waals surface area contributed by atoms with Crippen molar-refractivity contribution in [3.05, 3.63) is 30.1 Å². The average Bonchev–Trinajstić information content (AvgIpc) is 2.63. The van der Waals surface area contributed by atoms with Crippen LogP contribution in [0, 0.1) is 0 Å². The van der Waals surface area contributed by atoms with Crippen molar-refractivity contribution in [2.45, 2.75) is 31.1 Å². The van der Waals surface area contributed by atoms with E-state index < -0.39 is 0 Å². The van der Waals surface area contributed by atoms with Crippen molar-refractivity contribution in [1.29, 1.82) is 0 Å². The van der Waals surface area contributed by atoms with E-state index in [-0.39, 0.29) is 5.95 Å². The first-order valence-electron chi connectivity index (χ1n) is 8.34. The summed E-state index contributed by atoms with van der Waals surface area (Å²) in [5.74, 6) is 3.62. The maximum atomic E-state index is 5.83. The van der Waals surface area contributed by atoms with Crippen molar-refractivity contribution in [3.63, 3.8) is 0 Å². The second-order valence-corrected chi connectivity index (χ2v) is 6.79. The molecule has 2 aromatic rings. The van der Waals surface area contributed by atoms with Gasteiger partial charge in [-0.25, -0.2) is 0 Å². The molecule has 134 valence electrons. The first kappa shape index (κ1) is 17.8. The molecule has 0 amide bonds. The molecule has 1 aromatic carbocycles. The van der Waals surface area contributed by atoms with Crippen molar-refractivity contribution >= 4 is 29.3 Å². The number of hydrogen-bond acceptors (Lipinski definition) is 8. The average molecular weight is 361 g/mol. The van der Waals surface area contributed by atoms with Gasteiger partial charge in [0.2, 0.25) is 11.9 Å². The number of nitrogens with two attached hydrogens (primary N) is 1. The number of aromatic nitrogens is 3. The van der Waals surface area contributed by atoms with Crippen molar-refractivity contribution in [3.8, 4) is 5.75 Å². The van der Waals surface area contributed by atoms with Gasteiger partial charge in [0.25, 0.3) is 0 Å². The molecule has 0 radical (unpaired) electrons. The van der Waals surface area contributed by atoms with Gasteiger partial charge in [-0.15, -0.1) is 0 Å². The van der Waals surface area contributed by atoms with Gasteiger partial charge in [0.05, 0.1) is 24.7 Å². The van der Waals surface area contributed by atoms with Crippen molar-refractivity contribution < 1.29 is 9.47 Å². The minimum atomic E-state index is 0.205. The van der Waals surface area contributed by atoms with Crippen molar-refractivity contribution in [2.24, 2.45) is 0 Å². The largest absolute Gasteiger partial charge is 0.495 e. The molecule has 1 aliphatic heterocycles. The number of nitrogens with one attached hydrogen (secondary N) is 1. The van der Waals surface area contributed by atoms with E-state index in [0.29, 0.717) is 29.4 Å². The van der Waals surface area contributed by atoms with E-state index in [0.717, 1.165) is 24.5 Å². The molecule has 8 heteroatoms. The van der Waals surface area contributed by atoms with Gasteiger partial charge in [-0.1, -0.05) is 12.1 Å². The molecule has 1 atom stereocenters. The van der Waals surface area contributed by atoms with Crippen LogP contribution in [-0.4, -0.2) is 40.5 Å². The molecule has 3 rings (SSSR count). The Kier molecular flexibility index (Phi) is 6.30. The number of ether oxygens (including phenoxy) is 2. The highest BCUT2D eigenvalue weighted by atomic mass is 32.2. The number of methoxy groups -OCH3 is 1. The van der Waals surface area contributed by atoms with E-state index in [4.69, 9.17) is 15.2 Å². The van der Waals surface area contributed by atoms with Gasteiger partial charge >= 0.3 is 0 Å². The number of para-hydroxylation sites is 2. The van der Waals surface area contributed by atoms with Gasteiger partial charge in [0, 0.05) is 12.4 Å². The van der Waals surface area contributed by atoms with Crippen LogP contribution >= 0.6 is 11.8 Å². The van der Waals surface area contributed by atoms with Gasteiger partial charge in [0.1, 0.15) is 11.6 Å². The summed E-state index contributed by atoms with van der Waals surface area (Å²) in [5, 5.41) is 3.14. The molecule has 0 spiro atoms. The summed E-state index contributed by atoms with van der Waals surface area (Å²) < 4.78 is 11.1. The Bertz CT molecular complexity index is 694. The molecule has 25 heavy (non-hydrogen) atoms. The third kappa shape index (κ3) is 5.20. The monoisotopic (exact) mass is 361 g/mol. The first-order valence-corrected chi connectivity index (χ1v) is 9.50. The summed E-state index contributed by atoms with van der Waals surface area (Å²) >= 11 is 1.76. The number of anilines is 3. The highest BCUT2D eigenvalue weighted by Crippen LogP contribution is 2.26. The topological polar surface area (TPSA) is 95.2 Å². The Labute approximate surface area is 151 Å². The summed E-state index contributed by atoms with van der Waals surface area (Å²) in [6.45, 7) is 0.872. The normalized spacial score (nSPS) is 17.2. The van der Waals surface area contributed by atoms with E-state index >= 15 is 0 Å². The maximum absolute atomic E-state index is 5.83. The van der Waals surface area contributed by atoms with Crippen molar-refractivity contribution in [1.82, 2.24) is 15.0 Å². The van der Waals surface area contributed by atoms with Crippen LogP contribution in [0.1, 0.15) is 25.1 Å². The van der Waals surface area contributed by atoms with Gasteiger partial charge in [-0.05, 0) is 31.4 Å². The molecule has 1 aliphatic rings. The van der Waals surface area contributed by atoms with Crippen LogP contribution in [0.2, 0.25) is 0 Å². The van der Waals surface area contributed by atoms with Gasteiger partial charge in [0.15, 0.2) is 0 Å². The number of nitrogens with zero attached hydrogens (tertiary/aromatic N) is 3. The van der Waals surface area contributed by atoms with E-state index in [2.05, 4.69) is 20.3 Å². The van der Waals surface area contributed by atoms with E-state index in [1.807, 2.05) is 24.3 Å². The zero-order valence-electron chi connectivity index (χ0n) is 14.3. The molecule has 7 nitrogen and oxygen atoms in total. The Hall–Kier alpha value is -2.06. The van der Waals surface area contributed by atoms with E-state index in [1.54, 1.807) is 18.9 Å². The summed E-state index contributed by atoms with van der Waals surface area (Å²) in [5.41, 5.74) is 6.61. The number of thioether (sulfide) groups is 1. The number of hydrogen-bond donors (Lipinski definition) is 2. The SMILES string of the molecule is COc1ccccc1Nc1nc(N)nc(CSC[C@@H]2CCCCO2)n1. The number of nitrogen functional groups attached to an aromatic ring is 1. The van der Waals surface area contributed by atoms with Crippen molar-refractivity contribution in [2.75, 3.05) is 30.5 Å². The molecule has 1 aromatic heterocycles. The van der Waals surface area contributed by atoms with Crippen LogP contribution < -0.4 is 15.8 Å². The lowest BCUT2D eigenvalue weighted by molar-refractivity contribution is 0.0315. The minimum Gasteiger partial charge on any atom is -0.495 e. The molecule has 0 saturated carbocycles. The van der Waals surface area contributed by atoms with E-state index in [1.165, 1.54) is 12.8 Å². The van der Waals surface area contributed by atoms with Gasteiger partial charge < -0.3 is 20.5 Å². The zero-order valence-corrected chi connectivity index (χ0v) is 15.1. The van der Waals surface area contributed by atoms with E-state index in [9.17, 15) is 0 Å². The Morgan fingerprint density at radius 3 is 2.96 bits per heavy atom. The maximum Gasteiger partial charge on any atom is 0.232 e. The smallest absolute Gasteiger partial charge is 0.232 e. The summed E-state index contributed by atoms with van der Waals surface area (Å²) in [4.78, 5) is 12.8. The first-order chi connectivity index (χ1) is 12.2. The second-order valence-electron chi connectivity index (χ2n) is 5.76. The third-order valence-corrected chi connectivity index (χ3v) is 4.93. The summed E-state index contributed by atoms with van der Waals surface area (Å²) in [6.07, 6.45) is 3.89. The van der Waals surface area contributed by atoms with Gasteiger partial charge in [-0.3, -0.25) is 0 Å². The fourth-order valence-electron chi connectivity index (χ4n) is 2.65. The Balaban J connectivity index is 1.61. The molecule has 1 fully saturated rings. The molecule has 0 aliphatic carbocycles. The molecular formula is C17H23N5O2S. The van der Waals surface area contributed by atoms with Crippen LogP contribution in [-0.2, 0) is 10.5 Å². The Morgan fingerprint density at radius 2 is 2.16 bits per heavy atom. The summed E-state index contributed by atoms with van der Waals surface area (Å²) in [7, 11) is 1.62. The molecule has 0 bridgehead atoms. The van der Waals surface area contributed by atoms with Crippen LogP contribution in [0.25, 0.3) is 0 Å². The Morgan fingerprint density at radius 1 is 1.28 bits per heavy atom. The standard InChI is InChI=1S/C17H23N5O2S/c1-23-14-8-3-2-7-13(14)19-17-21-15(20-16(18)22-17)11-25-10-12-6-4-5-9-24-12/h2-3,7-8,12H,4-6,9-11H2,1H3,(H3,18,19,20,21,22)/t12-/m0/s1. The molecule has 2 heterocycles. The quantitative estimate of drug-likeness (QED) is 0.777. The van der Waals surface area contributed by atoms with Crippen LogP contribution in [0.15, 0.2) is 24.3 Å². The fraction of sp³-hybridized carbons (Fsp3) is 0.471. The predicted molar refractivity (Wildman–Crippen MR) is 100 cm³/mol. The minimum absolute atomic E-state index is 0.205. The lowest BCUT2D eigenvalue weighted by Gasteiger charge is -2.21. The molecule has 3 N–H and O–H groups in total. The fourth-order valence-corrected chi connectivity index (χ4v) is 3.60. The zero-order chi connectivity index (χ0) is 17.5.